The second-order valence-corrected chi connectivity index (χ2v) is 6.23. The molecule has 0 N–H and O–H groups in total. The summed E-state index contributed by atoms with van der Waals surface area (Å²) in [7, 11) is 0. The number of rotatable bonds is 3. The van der Waals surface area contributed by atoms with Gasteiger partial charge in [0.05, 0.1) is 0 Å². The summed E-state index contributed by atoms with van der Waals surface area (Å²) < 4.78 is 5.82. The van der Waals surface area contributed by atoms with Crippen molar-refractivity contribution in [1.82, 2.24) is 0 Å². The summed E-state index contributed by atoms with van der Waals surface area (Å²) in [4.78, 5) is 12.3. The van der Waals surface area contributed by atoms with Crippen LogP contribution in [0.1, 0.15) is 29.8 Å². The van der Waals surface area contributed by atoms with Crippen molar-refractivity contribution in [2.75, 3.05) is 0 Å². The van der Waals surface area contributed by atoms with Crippen LogP contribution in [0.3, 0.4) is 0 Å². The maximum atomic E-state index is 12.3. The first-order valence-corrected chi connectivity index (χ1v) is 7.53. The number of halogens is 1. The average molecular weight is 301 g/mol. The Kier molecular flexibility index (Phi) is 3.73. The normalized spacial score (nSPS) is 17.1. The van der Waals surface area contributed by atoms with E-state index in [1.165, 1.54) is 0 Å². The number of hydrogen-bond acceptors (Lipinski definition) is 2. The van der Waals surface area contributed by atoms with Gasteiger partial charge in [-0.15, -0.1) is 0 Å². The van der Waals surface area contributed by atoms with Gasteiger partial charge in [0.15, 0.2) is 5.78 Å². The van der Waals surface area contributed by atoms with Crippen molar-refractivity contribution in [2.24, 2.45) is 11.8 Å². The van der Waals surface area contributed by atoms with Gasteiger partial charge in [-0.05, 0) is 60.4 Å². The number of hydrogen-bond donors (Lipinski definition) is 0. The molecule has 0 aromatic heterocycles. The van der Waals surface area contributed by atoms with Crippen molar-refractivity contribution >= 4 is 17.4 Å². The van der Waals surface area contributed by atoms with Gasteiger partial charge in [0.2, 0.25) is 0 Å². The zero-order valence-corrected chi connectivity index (χ0v) is 12.9. The van der Waals surface area contributed by atoms with E-state index in [0.717, 1.165) is 29.0 Å². The van der Waals surface area contributed by atoms with Gasteiger partial charge < -0.3 is 4.74 Å². The summed E-state index contributed by atoms with van der Waals surface area (Å²) in [6, 6.07) is 13.0. The van der Waals surface area contributed by atoms with Crippen molar-refractivity contribution in [2.45, 2.75) is 20.3 Å². The van der Waals surface area contributed by atoms with Gasteiger partial charge in [0.25, 0.3) is 0 Å². The van der Waals surface area contributed by atoms with Crippen LogP contribution < -0.4 is 4.74 Å². The summed E-state index contributed by atoms with van der Waals surface area (Å²) in [6.07, 6.45) is 0.809. The number of carbonyl (C=O) groups is 1. The Bertz CT molecular complexity index is 674. The molecule has 2 nitrogen and oxygen atoms in total. The van der Waals surface area contributed by atoms with E-state index in [-0.39, 0.29) is 11.7 Å². The molecule has 0 bridgehead atoms. The quantitative estimate of drug-likeness (QED) is 0.784. The van der Waals surface area contributed by atoms with E-state index >= 15 is 0 Å². The highest BCUT2D eigenvalue weighted by Gasteiger charge is 2.32. The molecule has 1 aliphatic rings. The van der Waals surface area contributed by atoms with Gasteiger partial charge in [0.1, 0.15) is 11.5 Å². The van der Waals surface area contributed by atoms with Crippen molar-refractivity contribution in [3.8, 4) is 11.5 Å². The van der Waals surface area contributed by atoms with Crippen molar-refractivity contribution in [3.63, 3.8) is 0 Å². The molecule has 0 radical (unpaired) electrons. The topological polar surface area (TPSA) is 26.3 Å². The third-order valence-corrected chi connectivity index (χ3v) is 4.22. The lowest BCUT2D eigenvalue weighted by molar-refractivity contribution is 0.0906. The largest absolute Gasteiger partial charge is 0.457 e. The maximum absolute atomic E-state index is 12.3. The highest BCUT2D eigenvalue weighted by molar-refractivity contribution is 6.30. The Morgan fingerprint density at radius 2 is 1.76 bits per heavy atom. The highest BCUT2D eigenvalue weighted by Crippen LogP contribution is 2.34. The zero-order valence-electron chi connectivity index (χ0n) is 12.1. The molecular formula is C18H17ClO2. The minimum atomic E-state index is 0.103. The highest BCUT2D eigenvalue weighted by atomic mass is 35.5. The Balaban J connectivity index is 1.83. The molecule has 1 aliphatic carbocycles. The fourth-order valence-electron chi connectivity index (χ4n) is 2.75. The molecule has 2 aromatic carbocycles. The molecule has 0 saturated carbocycles. The van der Waals surface area contributed by atoms with Crippen molar-refractivity contribution in [1.29, 1.82) is 0 Å². The van der Waals surface area contributed by atoms with Crippen LogP contribution in [-0.4, -0.2) is 5.78 Å². The molecule has 3 heteroatoms. The van der Waals surface area contributed by atoms with E-state index in [4.69, 9.17) is 16.3 Å². The lowest BCUT2D eigenvalue weighted by atomic mass is 9.92. The van der Waals surface area contributed by atoms with E-state index in [9.17, 15) is 4.79 Å². The van der Waals surface area contributed by atoms with Gasteiger partial charge in [0, 0.05) is 16.5 Å². The minimum absolute atomic E-state index is 0.103. The second-order valence-electron chi connectivity index (χ2n) is 5.79. The lowest BCUT2D eigenvalue weighted by Gasteiger charge is -2.10. The van der Waals surface area contributed by atoms with Gasteiger partial charge in [-0.2, -0.15) is 0 Å². The van der Waals surface area contributed by atoms with Crippen molar-refractivity contribution in [3.05, 3.63) is 58.6 Å². The number of fused-ring (bicyclic) bond motifs is 1. The Labute approximate surface area is 129 Å². The molecule has 0 fully saturated rings. The van der Waals surface area contributed by atoms with Gasteiger partial charge >= 0.3 is 0 Å². The molecule has 3 rings (SSSR count). The third kappa shape index (κ3) is 2.81. The monoisotopic (exact) mass is 300 g/mol. The Morgan fingerprint density at radius 3 is 2.43 bits per heavy atom. The molecule has 0 saturated heterocycles. The molecule has 1 unspecified atom stereocenters. The van der Waals surface area contributed by atoms with Gasteiger partial charge in [-0.1, -0.05) is 25.4 Å². The smallest absolute Gasteiger partial charge is 0.166 e. The first kappa shape index (κ1) is 14.2. The summed E-state index contributed by atoms with van der Waals surface area (Å²) in [5.41, 5.74) is 1.93. The number of benzene rings is 2. The standard InChI is InChI=1S/C18H17ClO2/c1-11(2)17-10-12-9-15(7-8-16(12)18(17)20)21-14-5-3-13(19)4-6-14/h3-9,11,17H,10H2,1-2H3. The zero-order chi connectivity index (χ0) is 15.0. The number of ether oxygens (including phenoxy) is 1. The second kappa shape index (κ2) is 5.53. The van der Waals surface area contributed by atoms with Crippen molar-refractivity contribution < 1.29 is 9.53 Å². The van der Waals surface area contributed by atoms with Crippen LogP contribution in [0.15, 0.2) is 42.5 Å². The van der Waals surface area contributed by atoms with E-state index in [2.05, 4.69) is 13.8 Å². The SMILES string of the molecule is CC(C)C1Cc2cc(Oc3ccc(Cl)cc3)ccc2C1=O. The van der Waals surface area contributed by atoms with Gasteiger partial charge in [-0.25, -0.2) is 0 Å². The molecule has 1 atom stereocenters. The predicted molar refractivity (Wildman–Crippen MR) is 84.3 cm³/mol. The van der Waals surface area contributed by atoms with Crippen LogP contribution in [-0.2, 0) is 6.42 Å². The Morgan fingerprint density at radius 1 is 1.10 bits per heavy atom. The molecule has 0 amide bonds. The first-order chi connectivity index (χ1) is 10.0. The van der Waals surface area contributed by atoms with E-state index in [1.54, 1.807) is 12.1 Å². The summed E-state index contributed by atoms with van der Waals surface area (Å²) >= 11 is 5.86. The predicted octanol–water partition coefficient (Wildman–Crippen LogP) is 5.14. The van der Waals surface area contributed by atoms with Crippen LogP contribution in [0.5, 0.6) is 11.5 Å². The minimum Gasteiger partial charge on any atom is -0.457 e. The molecular weight excluding hydrogens is 284 g/mol. The number of Topliss-reactive ketones (excluding diaryl/α,β-unsaturated/α-hetero) is 1. The summed E-state index contributed by atoms with van der Waals surface area (Å²) in [6.45, 7) is 4.19. The fourth-order valence-corrected chi connectivity index (χ4v) is 2.88. The molecule has 0 aliphatic heterocycles. The molecule has 21 heavy (non-hydrogen) atoms. The van der Waals surface area contributed by atoms with Crippen LogP contribution in [0, 0.1) is 11.8 Å². The van der Waals surface area contributed by atoms with Crippen LogP contribution >= 0.6 is 11.6 Å². The fraction of sp³-hybridized carbons (Fsp3) is 0.278. The number of carbonyl (C=O) groups excluding carboxylic acids is 1. The molecule has 0 spiro atoms. The van der Waals surface area contributed by atoms with Crippen LogP contribution in [0.4, 0.5) is 0 Å². The maximum Gasteiger partial charge on any atom is 0.166 e. The third-order valence-electron chi connectivity index (χ3n) is 3.97. The number of ketones is 1. The molecule has 108 valence electrons. The van der Waals surface area contributed by atoms with E-state index in [1.807, 2.05) is 30.3 Å². The summed E-state index contributed by atoms with van der Waals surface area (Å²) in [5.74, 6) is 2.23. The molecule has 2 aromatic rings. The summed E-state index contributed by atoms with van der Waals surface area (Å²) in [5, 5.41) is 0.682. The first-order valence-electron chi connectivity index (χ1n) is 7.15. The van der Waals surface area contributed by atoms with Gasteiger partial charge in [-0.3, -0.25) is 4.79 Å². The van der Waals surface area contributed by atoms with E-state index in [0.29, 0.717) is 10.9 Å². The molecule has 0 heterocycles. The van der Waals surface area contributed by atoms with E-state index < -0.39 is 0 Å². The van der Waals surface area contributed by atoms with Crippen LogP contribution in [0.2, 0.25) is 5.02 Å². The Hall–Kier alpha value is -1.80. The average Bonchev–Trinajstić information content (AvgIpc) is 2.78. The van der Waals surface area contributed by atoms with Crippen LogP contribution in [0.25, 0.3) is 0 Å². The lowest BCUT2D eigenvalue weighted by Crippen LogP contribution is -2.15.